The van der Waals surface area contributed by atoms with E-state index >= 15 is 0 Å². The first-order valence-corrected chi connectivity index (χ1v) is 6.21. The number of nitrogens with zero attached hydrogens (tertiary/aromatic N) is 1. The summed E-state index contributed by atoms with van der Waals surface area (Å²) in [5.74, 6) is -0.251. The highest BCUT2D eigenvalue weighted by molar-refractivity contribution is 6.32. The Kier molecular flexibility index (Phi) is 3.82. The summed E-state index contributed by atoms with van der Waals surface area (Å²) < 4.78 is 4.93. The molecule has 2 N–H and O–H groups in total. The SMILES string of the molecule is COc1cc(C(=O)N[C@H](C#N)C2CC2)cc(Cl)c1O. The lowest BCUT2D eigenvalue weighted by atomic mass is 10.1. The first-order valence-electron chi connectivity index (χ1n) is 5.83. The number of carbonyl (C=O) groups excluding carboxylic acids is 1. The van der Waals surface area contributed by atoms with Gasteiger partial charge in [-0.3, -0.25) is 4.79 Å². The molecule has 0 heterocycles. The first kappa shape index (κ1) is 13.5. The number of methoxy groups -OCH3 is 1. The molecule has 1 aliphatic carbocycles. The highest BCUT2D eigenvalue weighted by Crippen LogP contribution is 2.35. The third-order valence-corrected chi connectivity index (χ3v) is 3.32. The lowest BCUT2D eigenvalue weighted by Gasteiger charge is -2.12. The van der Waals surface area contributed by atoms with Crippen molar-refractivity contribution in [3.8, 4) is 17.6 Å². The summed E-state index contributed by atoms with van der Waals surface area (Å²) in [5, 5.41) is 21.2. The monoisotopic (exact) mass is 280 g/mol. The minimum Gasteiger partial charge on any atom is -0.503 e. The van der Waals surface area contributed by atoms with Crippen molar-refractivity contribution in [1.82, 2.24) is 5.32 Å². The Morgan fingerprint density at radius 1 is 1.63 bits per heavy atom. The molecule has 1 atom stereocenters. The van der Waals surface area contributed by atoms with Gasteiger partial charge in [-0.05, 0) is 30.9 Å². The molecule has 0 bridgehead atoms. The van der Waals surface area contributed by atoms with Crippen LogP contribution in [0.1, 0.15) is 23.2 Å². The molecular weight excluding hydrogens is 268 g/mol. The molecule has 6 heteroatoms. The van der Waals surface area contributed by atoms with Gasteiger partial charge in [0.1, 0.15) is 6.04 Å². The molecule has 1 amide bonds. The molecule has 1 saturated carbocycles. The number of halogens is 1. The van der Waals surface area contributed by atoms with Crippen molar-refractivity contribution in [2.75, 3.05) is 7.11 Å². The van der Waals surface area contributed by atoms with E-state index in [1.807, 2.05) is 0 Å². The first-order chi connectivity index (χ1) is 9.06. The van der Waals surface area contributed by atoms with Crippen LogP contribution in [0.4, 0.5) is 0 Å². The number of benzene rings is 1. The van der Waals surface area contributed by atoms with Gasteiger partial charge in [0.05, 0.1) is 18.2 Å². The number of hydrogen-bond donors (Lipinski definition) is 2. The molecule has 1 aromatic carbocycles. The fraction of sp³-hybridized carbons (Fsp3) is 0.385. The van der Waals surface area contributed by atoms with Crippen LogP contribution in [-0.4, -0.2) is 24.2 Å². The summed E-state index contributed by atoms with van der Waals surface area (Å²) in [6.07, 6.45) is 1.91. The largest absolute Gasteiger partial charge is 0.503 e. The smallest absolute Gasteiger partial charge is 0.252 e. The number of nitriles is 1. The molecule has 19 heavy (non-hydrogen) atoms. The second-order valence-electron chi connectivity index (χ2n) is 4.43. The quantitative estimate of drug-likeness (QED) is 0.885. The number of aromatic hydroxyl groups is 1. The van der Waals surface area contributed by atoms with E-state index in [0.717, 1.165) is 12.8 Å². The number of ether oxygens (including phenoxy) is 1. The predicted molar refractivity (Wildman–Crippen MR) is 69.3 cm³/mol. The highest BCUT2D eigenvalue weighted by atomic mass is 35.5. The second kappa shape index (κ2) is 5.37. The molecule has 5 nitrogen and oxygen atoms in total. The van der Waals surface area contributed by atoms with E-state index in [2.05, 4.69) is 11.4 Å². The summed E-state index contributed by atoms with van der Waals surface area (Å²) in [5.41, 5.74) is 0.251. The maximum Gasteiger partial charge on any atom is 0.252 e. The molecule has 0 spiro atoms. The van der Waals surface area contributed by atoms with Gasteiger partial charge < -0.3 is 15.2 Å². The maximum absolute atomic E-state index is 12.0. The topological polar surface area (TPSA) is 82.3 Å². The molecule has 2 rings (SSSR count). The highest BCUT2D eigenvalue weighted by Gasteiger charge is 2.32. The van der Waals surface area contributed by atoms with Gasteiger partial charge in [-0.2, -0.15) is 5.26 Å². The molecule has 0 saturated heterocycles. The maximum atomic E-state index is 12.0. The van der Waals surface area contributed by atoms with Gasteiger partial charge in [-0.15, -0.1) is 0 Å². The third-order valence-electron chi connectivity index (χ3n) is 3.03. The minimum absolute atomic E-state index is 0.0319. The van der Waals surface area contributed by atoms with E-state index in [-0.39, 0.29) is 28.0 Å². The summed E-state index contributed by atoms with van der Waals surface area (Å²) in [7, 11) is 1.37. The van der Waals surface area contributed by atoms with Gasteiger partial charge in [0.25, 0.3) is 5.91 Å². The summed E-state index contributed by atoms with van der Waals surface area (Å²) in [6.45, 7) is 0. The Morgan fingerprint density at radius 3 is 2.84 bits per heavy atom. The van der Waals surface area contributed by atoms with E-state index < -0.39 is 11.9 Å². The van der Waals surface area contributed by atoms with Gasteiger partial charge >= 0.3 is 0 Å². The summed E-state index contributed by atoms with van der Waals surface area (Å²) in [4.78, 5) is 12.0. The molecule has 0 radical (unpaired) electrons. The number of phenols is 1. The number of carbonyl (C=O) groups is 1. The van der Waals surface area contributed by atoms with Crippen molar-refractivity contribution >= 4 is 17.5 Å². The zero-order valence-corrected chi connectivity index (χ0v) is 11.1. The number of phenolic OH excluding ortho intramolecular Hbond substituents is 1. The van der Waals surface area contributed by atoms with E-state index in [0.29, 0.717) is 0 Å². The van der Waals surface area contributed by atoms with Crippen molar-refractivity contribution in [3.63, 3.8) is 0 Å². The van der Waals surface area contributed by atoms with Crippen LogP contribution < -0.4 is 10.1 Å². The van der Waals surface area contributed by atoms with Gasteiger partial charge in [0, 0.05) is 5.56 Å². The molecule has 100 valence electrons. The zero-order chi connectivity index (χ0) is 14.0. The van der Waals surface area contributed by atoms with E-state index in [4.69, 9.17) is 21.6 Å². The average Bonchev–Trinajstić information content (AvgIpc) is 3.23. The fourth-order valence-electron chi connectivity index (χ4n) is 1.77. The van der Waals surface area contributed by atoms with Gasteiger partial charge in [-0.25, -0.2) is 0 Å². The van der Waals surface area contributed by atoms with Gasteiger partial charge in [-0.1, -0.05) is 11.6 Å². The number of nitrogens with one attached hydrogen (secondary N) is 1. The van der Waals surface area contributed by atoms with Gasteiger partial charge in [0.2, 0.25) is 0 Å². The summed E-state index contributed by atoms with van der Waals surface area (Å²) in [6, 6.07) is 4.32. The molecule has 0 unspecified atom stereocenters. The lowest BCUT2D eigenvalue weighted by molar-refractivity contribution is 0.0941. The van der Waals surface area contributed by atoms with Crippen molar-refractivity contribution in [1.29, 1.82) is 5.26 Å². The van der Waals surface area contributed by atoms with Crippen molar-refractivity contribution < 1.29 is 14.6 Å². The van der Waals surface area contributed by atoms with Crippen molar-refractivity contribution in [3.05, 3.63) is 22.7 Å². The van der Waals surface area contributed by atoms with Crippen LogP contribution >= 0.6 is 11.6 Å². The standard InChI is InChI=1S/C13H13ClN2O3/c1-19-11-5-8(4-9(14)12(11)17)13(18)16-10(6-15)7-2-3-7/h4-5,7,10,17H,2-3H2,1H3,(H,16,18)/t10-/m1/s1. The van der Waals surface area contributed by atoms with Crippen molar-refractivity contribution in [2.24, 2.45) is 5.92 Å². The van der Waals surface area contributed by atoms with E-state index in [9.17, 15) is 9.90 Å². The Balaban J connectivity index is 2.19. The molecule has 1 fully saturated rings. The molecule has 0 aliphatic heterocycles. The minimum atomic E-state index is -0.480. The lowest BCUT2D eigenvalue weighted by Crippen LogP contribution is -2.35. The Labute approximate surface area is 115 Å². The van der Waals surface area contributed by atoms with Gasteiger partial charge in [0.15, 0.2) is 11.5 Å². The van der Waals surface area contributed by atoms with E-state index in [1.165, 1.54) is 19.2 Å². The Hall–Kier alpha value is -1.93. The van der Waals surface area contributed by atoms with Crippen LogP contribution in [0, 0.1) is 17.2 Å². The second-order valence-corrected chi connectivity index (χ2v) is 4.83. The Bertz CT molecular complexity index is 550. The molecule has 0 aromatic heterocycles. The van der Waals surface area contributed by atoms with Crippen LogP contribution in [0.25, 0.3) is 0 Å². The van der Waals surface area contributed by atoms with Crippen LogP contribution in [-0.2, 0) is 0 Å². The van der Waals surface area contributed by atoms with E-state index in [1.54, 1.807) is 0 Å². The average molecular weight is 281 g/mol. The summed E-state index contributed by atoms with van der Waals surface area (Å²) >= 11 is 5.81. The van der Waals surface area contributed by atoms with Crippen LogP contribution in [0.15, 0.2) is 12.1 Å². The number of hydrogen-bond acceptors (Lipinski definition) is 4. The van der Waals surface area contributed by atoms with Crippen LogP contribution in [0.2, 0.25) is 5.02 Å². The van der Waals surface area contributed by atoms with Crippen LogP contribution in [0.3, 0.4) is 0 Å². The molecule has 1 aliphatic rings. The molecule has 1 aromatic rings. The molecular formula is C13H13ClN2O3. The van der Waals surface area contributed by atoms with Crippen molar-refractivity contribution in [2.45, 2.75) is 18.9 Å². The predicted octanol–water partition coefficient (Wildman–Crippen LogP) is 2.09. The fourth-order valence-corrected chi connectivity index (χ4v) is 1.98. The Morgan fingerprint density at radius 2 is 2.32 bits per heavy atom. The zero-order valence-electron chi connectivity index (χ0n) is 10.3. The third kappa shape index (κ3) is 2.91. The number of amides is 1. The normalized spacial score (nSPS) is 15.4. The van der Waals surface area contributed by atoms with Crippen LogP contribution in [0.5, 0.6) is 11.5 Å². The number of rotatable bonds is 4.